The fourth-order valence-corrected chi connectivity index (χ4v) is 2.76. The van der Waals surface area contributed by atoms with Gasteiger partial charge in [-0.05, 0) is 19.9 Å². The van der Waals surface area contributed by atoms with E-state index in [1.807, 2.05) is 4.68 Å². The summed E-state index contributed by atoms with van der Waals surface area (Å²) in [5.74, 6) is 0. The number of nitrogens with zero attached hydrogens (tertiary/aromatic N) is 2. The Morgan fingerprint density at radius 3 is 2.88 bits per heavy atom. The van der Waals surface area contributed by atoms with Crippen molar-refractivity contribution in [3.8, 4) is 0 Å². The van der Waals surface area contributed by atoms with E-state index in [-0.39, 0.29) is 5.56 Å². The predicted octanol–water partition coefficient (Wildman–Crippen LogP) is 0.516. The molecule has 0 atom stereocenters. The van der Waals surface area contributed by atoms with Crippen molar-refractivity contribution in [1.29, 1.82) is 0 Å². The van der Waals surface area contributed by atoms with Crippen molar-refractivity contribution in [1.82, 2.24) is 14.7 Å². The van der Waals surface area contributed by atoms with Crippen molar-refractivity contribution < 1.29 is 4.74 Å². The summed E-state index contributed by atoms with van der Waals surface area (Å²) in [5.41, 5.74) is 2.28. The van der Waals surface area contributed by atoms with Crippen molar-refractivity contribution in [2.45, 2.75) is 31.8 Å². The zero-order chi connectivity index (χ0) is 11.8. The van der Waals surface area contributed by atoms with Crippen LogP contribution in [0.4, 0.5) is 0 Å². The SMILES string of the molecule is CN1CCc2[nH]n(C3CCOCC3)c(=O)c2C1. The van der Waals surface area contributed by atoms with Gasteiger partial charge in [-0.2, -0.15) is 0 Å². The molecule has 0 amide bonds. The first kappa shape index (κ1) is 11.0. The van der Waals surface area contributed by atoms with Crippen molar-refractivity contribution in [2.24, 2.45) is 0 Å². The van der Waals surface area contributed by atoms with E-state index >= 15 is 0 Å². The van der Waals surface area contributed by atoms with E-state index in [1.165, 1.54) is 0 Å². The number of aromatic amines is 1. The van der Waals surface area contributed by atoms with Gasteiger partial charge < -0.3 is 9.64 Å². The summed E-state index contributed by atoms with van der Waals surface area (Å²) in [6.07, 6.45) is 2.83. The molecule has 0 bridgehead atoms. The minimum atomic E-state index is 0.179. The summed E-state index contributed by atoms with van der Waals surface area (Å²) in [7, 11) is 2.06. The molecule has 1 fully saturated rings. The van der Waals surface area contributed by atoms with Gasteiger partial charge in [-0.15, -0.1) is 0 Å². The van der Waals surface area contributed by atoms with Crippen LogP contribution in [0.3, 0.4) is 0 Å². The molecule has 3 rings (SSSR count). The van der Waals surface area contributed by atoms with Crippen molar-refractivity contribution in [2.75, 3.05) is 26.8 Å². The quantitative estimate of drug-likeness (QED) is 0.774. The highest BCUT2D eigenvalue weighted by molar-refractivity contribution is 5.20. The molecule has 2 aliphatic rings. The third-order valence-corrected chi connectivity index (χ3v) is 3.82. The molecule has 1 saturated heterocycles. The lowest BCUT2D eigenvalue weighted by molar-refractivity contribution is 0.0652. The Morgan fingerprint density at radius 2 is 2.12 bits per heavy atom. The Morgan fingerprint density at radius 1 is 1.35 bits per heavy atom. The van der Waals surface area contributed by atoms with Crippen LogP contribution in [0.15, 0.2) is 4.79 Å². The second-order valence-electron chi connectivity index (χ2n) is 5.08. The van der Waals surface area contributed by atoms with E-state index in [0.29, 0.717) is 6.04 Å². The molecule has 94 valence electrons. The number of aromatic nitrogens is 2. The lowest BCUT2D eigenvalue weighted by Gasteiger charge is -2.22. The normalized spacial score (nSPS) is 22.6. The Kier molecular flexibility index (Phi) is 2.80. The molecule has 17 heavy (non-hydrogen) atoms. The van der Waals surface area contributed by atoms with Gasteiger partial charge in [-0.3, -0.25) is 9.89 Å². The highest BCUT2D eigenvalue weighted by Crippen LogP contribution is 2.20. The summed E-state index contributed by atoms with van der Waals surface area (Å²) >= 11 is 0. The van der Waals surface area contributed by atoms with E-state index < -0.39 is 0 Å². The fraction of sp³-hybridized carbons (Fsp3) is 0.750. The predicted molar refractivity (Wildman–Crippen MR) is 64.2 cm³/mol. The first-order valence-corrected chi connectivity index (χ1v) is 6.34. The minimum absolute atomic E-state index is 0.179. The first-order chi connectivity index (χ1) is 8.25. The average Bonchev–Trinajstić information content (AvgIpc) is 2.68. The highest BCUT2D eigenvalue weighted by atomic mass is 16.5. The summed E-state index contributed by atoms with van der Waals surface area (Å²) in [5, 5.41) is 3.31. The molecule has 0 spiro atoms. The van der Waals surface area contributed by atoms with Gasteiger partial charge >= 0.3 is 0 Å². The van der Waals surface area contributed by atoms with Gasteiger partial charge in [0.05, 0.1) is 11.6 Å². The molecule has 0 radical (unpaired) electrons. The number of hydrogen-bond acceptors (Lipinski definition) is 3. The zero-order valence-corrected chi connectivity index (χ0v) is 10.2. The monoisotopic (exact) mass is 237 g/mol. The van der Waals surface area contributed by atoms with Crippen molar-refractivity contribution >= 4 is 0 Å². The van der Waals surface area contributed by atoms with Crippen LogP contribution in [0.5, 0.6) is 0 Å². The maximum atomic E-state index is 12.3. The van der Waals surface area contributed by atoms with Crippen LogP contribution in [-0.4, -0.2) is 41.5 Å². The molecule has 1 N–H and O–H groups in total. The van der Waals surface area contributed by atoms with Crippen LogP contribution >= 0.6 is 0 Å². The van der Waals surface area contributed by atoms with Gasteiger partial charge in [0.1, 0.15) is 0 Å². The molecular formula is C12H19N3O2. The zero-order valence-electron chi connectivity index (χ0n) is 10.2. The Bertz CT molecular complexity index is 457. The maximum absolute atomic E-state index is 12.3. The van der Waals surface area contributed by atoms with Gasteiger partial charge in [0.2, 0.25) is 0 Å². The van der Waals surface area contributed by atoms with Gasteiger partial charge in [0, 0.05) is 38.4 Å². The van der Waals surface area contributed by atoms with E-state index in [0.717, 1.165) is 56.8 Å². The summed E-state index contributed by atoms with van der Waals surface area (Å²) in [6, 6.07) is 0.298. The standard InChI is InChI=1S/C12H19N3O2/c1-14-5-2-11-10(8-14)12(16)15(13-11)9-3-6-17-7-4-9/h9,13H,2-8H2,1H3. The lowest BCUT2D eigenvalue weighted by Crippen LogP contribution is -2.31. The number of nitrogens with one attached hydrogen (secondary N) is 1. The van der Waals surface area contributed by atoms with E-state index in [9.17, 15) is 4.79 Å². The van der Waals surface area contributed by atoms with Crippen molar-refractivity contribution in [3.63, 3.8) is 0 Å². The van der Waals surface area contributed by atoms with Crippen LogP contribution in [0.25, 0.3) is 0 Å². The molecule has 1 aromatic rings. The Hall–Kier alpha value is -1.07. The largest absolute Gasteiger partial charge is 0.381 e. The van der Waals surface area contributed by atoms with Crippen LogP contribution < -0.4 is 5.56 Å². The van der Waals surface area contributed by atoms with Crippen molar-refractivity contribution in [3.05, 3.63) is 21.6 Å². The smallest absolute Gasteiger partial charge is 0.271 e. The number of likely N-dealkylation sites (N-methyl/N-ethyl adjacent to an activating group) is 1. The summed E-state index contributed by atoms with van der Waals surface area (Å²) in [4.78, 5) is 14.5. The van der Waals surface area contributed by atoms with Gasteiger partial charge in [-0.1, -0.05) is 0 Å². The van der Waals surface area contributed by atoms with E-state index in [1.54, 1.807) is 0 Å². The number of fused-ring (bicyclic) bond motifs is 1. The number of ether oxygens (including phenoxy) is 1. The second-order valence-corrected chi connectivity index (χ2v) is 5.08. The molecular weight excluding hydrogens is 218 g/mol. The van der Waals surface area contributed by atoms with Gasteiger partial charge in [0.15, 0.2) is 0 Å². The van der Waals surface area contributed by atoms with E-state index in [4.69, 9.17) is 4.74 Å². The number of H-pyrrole nitrogens is 1. The molecule has 1 aromatic heterocycles. The molecule has 0 saturated carbocycles. The molecule has 0 aromatic carbocycles. The average molecular weight is 237 g/mol. The highest BCUT2D eigenvalue weighted by Gasteiger charge is 2.24. The molecule has 5 nitrogen and oxygen atoms in total. The molecule has 2 aliphatic heterocycles. The number of hydrogen-bond donors (Lipinski definition) is 1. The third-order valence-electron chi connectivity index (χ3n) is 3.82. The van der Waals surface area contributed by atoms with Gasteiger partial charge in [0.25, 0.3) is 5.56 Å². The topological polar surface area (TPSA) is 50.3 Å². The molecule has 5 heteroatoms. The summed E-state index contributed by atoms with van der Waals surface area (Å²) in [6.45, 7) is 3.34. The minimum Gasteiger partial charge on any atom is -0.381 e. The van der Waals surface area contributed by atoms with E-state index in [2.05, 4.69) is 17.0 Å². The Balaban J connectivity index is 1.93. The Labute approximate surface area is 100 Å². The summed E-state index contributed by atoms with van der Waals surface area (Å²) < 4.78 is 7.18. The third kappa shape index (κ3) is 1.93. The van der Waals surface area contributed by atoms with Gasteiger partial charge in [-0.25, -0.2) is 4.68 Å². The number of rotatable bonds is 1. The molecule has 3 heterocycles. The van der Waals surface area contributed by atoms with Crippen LogP contribution in [-0.2, 0) is 17.7 Å². The maximum Gasteiger partial charge on any atom is 0.271 e. The first-order valence-electron chi connectivity index (χ1n) is 6.34. The second kappa shape index (κ2) is 4.31. The fourth-order valence-electron chi connectivity index (χ4n) is 2.76. The van der Waals surface area contributed by atoms with Crippen LogP contribution in [0, 0.1) is 0 Å². The lowest BCUT2D eigenvalue weighted by atomic mass is 10.1. The van der Waals surface area contributed by atoms with Crippen LogP contribution in [0.1, 0.15) is 30.1 Å². The molecule has 0 unspecified atom stereocenters. The molecule has 0 aliphatic carbocycles. The van der Waals surface area contributed by atoms with Crippen LogP contribution in [0.2, 0.25) is 0 Å².